The van der Waals surface area contributed by atoms with Crippen molar-refractivity contribution in [1.82, 2.24) is 5.43 Å². The number of hydrazone groups is 1. The molecule has 2 aromatic carbocycles. The molecule has 0 bridgehead atoms. The number of thioether (sulfide) groups is 1. The standard InChI is InChI=1S/C16H14ClN3O3S/c17-14-7-3-1-6-13(14)10-24-11-16(21)19-18-9-12-5-2-4-8-15(12)20(22)23/h1-9H,10-11H2,(H,19,21)/b18-9-. The molecule has 1 N–H and O–H groups in total. The van der Waals surface area contributed by atoms with E-state index in [1.807, 2.05) is 18.2 Å². The molecule has 0 spiro atoms. The van der Waals surface area contributed by atoms with Crippen LogP contribution in [-0.4, -0.2) is 22.8 Å². The lowest BCUT2D eigenvalue weighted by Crippen LogP contribution is -2.19. The molecule has 0 aliphatic rings. The molecule has 8 heteroatoms. The zero-order valence-electron chi connectivity index (χ0n) is 12.5. The third-order valence-corrected chi connectivity index (χ3v) is 4.33. The maximum absolute atomic E-state index is 11.7. The van der Waals surface area contributed by atoms with Crippen molar-refractivity contribution in [1.29, 1.82) is 0 Å². The van der Waals surface area contributed by atoms with E-state index in [9.17, 15) is 14.9 Å². The first-order valence-electron chi connectivity index (χ1n) is 6.94. The van der Waals surface area contributed by atoms with Gasteiger partial charge in [-0.15, -0.1) is 11.8 Å². The summed E-state index contributed by atoms with van der Waals surface area (Å²) in [7, 11) is 0. The van der Waals surface area contributed by atoms with Crippen LogP contribution in [0.3, 0.4) is 0 Å². The van der Waals surface area contributed by atoms with Crippen molar-refractivity contribution in [2.24, 2.45) is 5.10 Å². The molecular formula is C16H14ClN3O3S. The highest BCUT2D eigenvalue weighted by Gasteiger charge is 2.10. The minimum Gasteiger partial charge on any atom is -0.272 e. The summed E-state index contributed by atoms with van der Waals surface area (Å²) in [5.41, 5.74) is 3.57. The van der Waals surface area contributed by atoms with Crippen LogP contribution < -0.4 is 5.43 Å². The van der Waals surface area contributed by atoms with Gasteiger partial charge in [-0.2, -0.15) is 5.10 Å². The van der Waals surface area contributed by atoms with Gasteiger partial charge in [-0.1, -0.05) is 41.9 Å². The van der Waals surface area contributed by atoms with Crippen molar-refractivity contribution in [3.63, 3.8) is 0 Å². The van der Waals surface area contributed by atoms with E-state index in [0.717, 1.165) is 5.56 Å². The van der Waals surface area contributed by atoms with Gasteiger partial charge in [0.1, 0.15) is 0 Å². The number of carbonyl (C=O) groups excluding carboxylic acids is 1. The van der Waals surface area contributed by atoms with Crippen LogP contribution in [0.2, 0.25) is 5.02 Å². The molecule has 6 nitrogen and oxygen atoms in total. The quantitative estimate of drug-likeness (QED) is 0.462. The summed E-state index contributed by atoms with van der Waals surface area (Å²) in [6, 6.07) is 13.6. The van der Waals surface area contributed by atoms with Crippen LogP contribution in [0.1, 0.15) is 11.1 Å². The van der Waals surface area contributed by atoms with Gasteiger partial charge in [-0.3, -0.25) is 14.9 Å². The number of benzene rings is 2. The molecule has 0 saturated carbocycles. The number of para-hydroxylation sites is 1. The SMILES string of the molecule is O=C(CSCc1ccccc1Cl)N/N=C\c1ccccc1[N+](=O)[O-]. The number of nitro benzene ring substituents is 1. The van der Waals surface area contributed by atoms with Crippen molar-refractivity contribution < 1.29 is 9.72 Å². The molecule has 124 valence electrons. The van der Waals surface area contributed by atoms with Gasteiger partial charge in [-0.25, -0.2) is 5.43 Å². The fourth-order valence-corrected chi connectivity index (χ4v) is 2.94. The van der Waals surface area contributed by atoms with Gasteiger partial charge in [0.25, 0.3) is 5.69 Å². The molecule has 0 aromatic heterocycles. The number of hydrogen-bond donors (Lipinski definition) is 1. The molecule has 1 amide bonds. The van der Waals surface area contributed by atoms with E-state index < -0.39 is 4.92 Å². The molecular weight excluding hydrogens is 350 g/mol. The number of amides is 1. The zero-order valence-corrected chi connectivity index (χ0v) is 14.1. The number of nitrogens with one attached hydrogen (secondary N) is 1. The first-order valence-corrected chi connectivity index (χ1v) is 8.47. The molecule has 2 rings (SSSR count). The molecule has 0 saturated heterocycles. The van der Waals surface area contributed by atoms with Crippen LogP contribution in [0, 0.1) is 10.1 Å². The number of hydrogen-bond acceptors (Lipinski definition) is 5. The van der Waals surface area contributed by atoms with E-state index in [2.05, 4.69) is 10.5 Å². The predicted octanol–water partition coefficient (Wildman–Crippen LogP) is 3.63. The number of rotatable bonds is 7. The lowest BCUT2D eigenvalue weighted by Gasteiger charge is -2.03. The van der Waals surface area contributed by atoms with E-state index in [-0.39, 0.29) is 17.3 Å². The summed E-state index contributed by atoms with van der Waals surface area (Å²) in [5, 5.41) is 15.3. The molecule has 0 aliphatic heterocycles. The fourth-order valence-electron chi connectivity index (χ4n) is 1.84. The van der Waals surface area contributed by atoms with Gasteiger partial charge in [-0.05, 0) is 17.7 Å². The Bertz CT molecular complexity index is 768. The highest BCUT2D eigenvalue weighted by atomic mass is 35.5. The third-order valence-electron chi connectivity index (χ3n) is 2.97. The Labute approximate surface area is 148 Å². The van der Waals surface area contributed by atoms with Crippen LogP contribution in [0.4, 0.5) is 5.69 Å². The van der Waals surface area contributed by atoms with Gasteiger partial charge in [0.05, 0.1) is 22.5 Å². The molecule has 24 heavy (non-hydrogen) atoms. The summed E-state index contributed by atoms with van der Waals surface area (Å²) in [5.74, 6) is 0.530. The zero-order chi connectivity index (χ0) is 17.4. The third kappa shape index (κ3) is 5.36. The summed E-state index contributed by atoms with van der Waals surface area (Å²) < 4.78 is 0. The van der Waals surface area contributed by atoms with Crippen molar-refractivity contribution in [3.8, 4) is 0 Å². The Hall–Kier alpha value is -2.38. The summed E-state index contributed by atoms with van der Waals surface area (Å²) in [6.07, 6.45) is 1.26. The van der Waals surface area contributed by atoms with E-state index in [0.29, 0.717) is 16.3 Å². The predicted molar refractivity (Wildman–Crippen MR) is 96.4 cm³/mol. The van der Waals surface area contributed by atoms with Gasteiger partial charge >= 0.3 is 0 Å². The second-order valence-electron chi connectivity index (χ2n) is 4.69. The number of carbonyl (C=O) groups is 1. The summed E-state index contributed by atoms with van der Waals surface area (Å²) >= 11 is 7.44. The van der Waals surface area contributed by atoms with Crippen molar-refractivity contribution in [2.75, 3.05) is 5.75 Å². The largest absolute Gasteiger partial charge is 0.278 e. The molecule has 0 unspecified atom stereocenters. The van der Waals surface area contributed by atoms with Gasteiger partial charge in [0.2, 0.25) is 5.91 Å². The molecule has 0 atom stereocenters. The van der Waals surface area contributed by atoms with Crippen molar-refractivity contribution in [3.05, 3.63) is 74.8 Å². The molecule has 0 aliphatic carbocycles. The van der Waals surface area contributed by atoms with Gasteiger partial charge < -0.3 is 0 Å². The average Bonchev–Trinajstić information content (AvgIpc) is 2.57. The number of nitro groups is 1. The highest BCUT2D eigenvalue weighted by molar-refractivity contribution is 7.99. The average molecular weight is 364 g/mol. The number of nitrogens with zero attached hydrogens (tertiary/aromatic N) is 2. The van der Waals surface area contributed by atoms with Crippen molar-refractivity contribution in [2.45, 2.75) is 5.75 Å². The van der Waals surface area contributed by atoms with Crippen LogP contribution in [0.25, 0.3) is 0 Å². The minimum atomic E-state index is -0.497. The lowest BCUT2D eigenvalue weighted by molar-refractivity contribution is -0.385. The second-order valence-corrected chi connectivity index (χ2v) is 6.09. The Morgan fingerprint density at radius 3 is 2.71 bits per heavy atom. The van der Waals surface area contributed by atoms with Crippen LogP contribution in [0.5, 0.6) is 0 Å². The Balaban J connectivity index is 1.81. The maximum atomic E-state index is 11.7. The van der Waals surface area contributed by atoms with Gasteiger partial charge in [0.15, 0.2) is 0 Å². The molecule has 2 aromatic rings. The van der Waals surface area contributed by atoms with Crippen LogP contribution >= 0.6 is 23.4 Å². The molecule has 0 radical (unpaired) electrons. The topological polar surface area (TPSA) is 84.6 Å². The fraction of sp³-hybridized carbons (Fsp3) is 0.125. The van der Waals surface area contributed by atoms with E-state index in [1.54, 1.807) is 24.3 Å². The maximum Gasteiger partial charge on any atom is 0.278 e. The molecule has 0 heterocycles. The smallest absolute Gasteiger partial charge is 0.272 e. The van der Waals surface area contributed by atoms with E-state index in [1.165, 1.54) is 24.0 Å². The van der Waals surface area contributed by atoms with Crippen molar-refractivity contribution >= 4 is 41.2 Å². The first kappa shape index (κ1) is 18.0. The minimum absolute atomic E-state index is 0.0661. The second kappa shape index (κ2) is 9.05. The normalized spacial score (nSPS) is 10.7. The Morgan fingerprint density at radius 2 is 1.96 bits per heavy atom. The Morgan fingerprint density at radius 1 is 1.25 bits per heavy atom. The monoisotopic (exact) mass is 363 g/mol. The van der Waals surface area contributed by atoms with E-state index >= 15 is 0 Å². The van der Waals surface area contributed by atoms with E-state index in [4.69, 9.17) is 11.6 Å². The van der Waals surface area contributed by atoms with Crippen LogP contribution in [-0.2, 0) is 10.5 Å². The molecule has 0 fully saturated rings. The highest BCUT2D eigenvalue weighted by Crippen LogP contribution is 2.20. The summed E-state index contributed by atoms with van der Waals surface area (Å²) in [4.78, 5) is 22.1. The number of halogens is 1. The van der Waals surface area contributed by atoms with Crippen LogP contribution in [0.15, 0.2) is 53.6 Å². The Kier molecular flexibility index (Phi) is 6.77. The van der Waals surface area contributed by atoms with Gasteiger partial charge in [0, 0.05) is 16.8 Å². The summed E-state index contributed by atoms with van der Waals surface area (Å²) in [6.45, 7) is 0. The first-order chi connectivity index (χ1) is 11.6. The lowest BCUT2D eigenvalue weighted by atomic mass is 10.2.